The third-order valence-corrected chi connectivity index (χ3v) is 6.68. The van der Waals surface area contributed by atoms with Gasteiger partial charge in [0.05, 0.1) is 6.26 Å². The lowest BCUT2D eigenvalue weighted by molar-refractivity contribution is -0.136. The number of amides is 1. The number of rotatable bonds is 7. The minimum atomic E-state index is -3.12. The molecule has 0 spiro atoms. The van der Waals surface area contributed by atoms with E-state index in [1.54, 1.807) is 0 Å². The number of hydrogen-bond acceptors (Lipinski definition) is 3. The van der Waals surface area contributed by atoms with Gasteiger partial charge in [-0.15, -0.1) is 0 Å². The van der Waals surface area contributed by atoms with E-state index in [4.69, 9.17) is 0 Å². The first-order valence-corrected chi connectivity index (χ1v) is 12.1. The molecule has 0 aromatic heterocycles. The van der Waals surface area contributed by atoms with E-state index in [0.29, 0.717) is 30.7 Å². The predicted molar refractivity (Wildman–Crippen MR) is 108 cm³/mol. The Labute approximate surface area is 163 Å². The Hall–Kier alpha value is -1.40. The maximum absolute atomic E-state index is 12.5. The van der Waals surface area contributed by atoms with Crippen molar-refractivity contribution in [3.8, 4) is 0 Å². The van der Waals surface area contributed by atoms with Crippen molar-refractivity contribution in [3.63, 3.8) is 0 Å². The van der Waals surface area contributed by atoms with E-state index in [2.05, 4.69) is 33.9 Å². The zero-order chi connectivity index (χ0) is 19.3. The number of carbonyl (C=O) groups is 1. The van der Waals surface area contributed by atoms with Gasteiger partial charge in [0.2, 0.25) is 15.9 Å². The molecule has 27 heavy (non-hydrogen) atoms. The van der Waals surface area contributed by atoms with Gasteiger partial charge in [-0.3, -0.25) is 4.79 Å². The zero-order valence-corrected chi connectivity index (χ0v) is 17.1. The van der Waals surface area contributed by atoms with Gasteiger partial charge in [-0.1, -0.05) is 37.1 Å². The first-order valence-electron chi connectivity index (χ1n) is 10.2. The highest BCUT2D eigenvalue weighted by Crippen LogP contribution is 2.29. The number of hydrogen-bond donors (Lipinski definition) is 1. The number of sulfonamides is 1. The molecule has 6 heteroatoms. The monoisotopic (exact) mass is 392 g/mol. The molecule has 0 radical (unpaired) electrons. The molecule has 1 aliphatic heterocycles. The van der Waals surface area contributed by atoms with Crippen LogP contribution in [0.15, 0.2) is 24.3 Å². The van der Waals surface area contributed by atoms with Crippen LogP contribution in [0.2, 0.25) is 0 Å². The molecule has 2 aliphatic rings. The molecule has 1 aromatic carbocycles. The number of likely N-dealkylation sites (tertiary alicyclic amines) is 1. The summed E-state index contributed by atoms with van der Waals surface area (Å²) < 4.78 is 24.7. The molecule has 150 valence electrons. The van der Waals surface area contributed by atoms with Crippen molar-refractivity contribution in [2.75, 3.05) is 25.9 Å². The molecule has 1 saturated heterocycles. The number of carbonyl (C=O) groups excluding carboxylic acids is 1. The number of nitrogens with zero attached hydrogens (tertiary/aromatic N) is 1. The van der Waals surface area contributed by atoms with Gasteiger partial charge in [0.15, 0.2) is 0 Å². The van der Waals surface area contributed by atoms with Gasteiger partial charge in [-0.25, -0.2) is 13.1 Å². The molecule has 1 amide bonds. The van der Waals surface area contributed by atoms with Gasteiger partial charge in [0.1, 0.15) is 0 Å². The lowest BCUT2D eigenvalue weighted by Crippen LogP contribution is -2.41. The summed E-state index contributed by atoms with van der Waals surface area (Å²) in [6, 6.07) is 8.51. The fourth-order valence-corrected chi connectivity index (χ4v) is 4.82. The topological polar surface area (TPSA) is 66.5 Å². The number of benzene rings is 1. The second kappa shape index (κ2) is 9.20. The van der Waals surface area contributed by atoms with E-state index in [0.717, 1.165) is 50.8 Å². The summed E-state index contributed by atoms with van der Waals surface area (Å²) in [7, 11) is -3.12. The maximum Gasteiger partial charge on any atom is 0.225 e. The van der Waals surface area contributed by atoms with E-state index in [-0.39, 0.29) is 0 Å². The Kier molecular flexibility index (Phi) is 6.93. The van der Waals surface area contributed by atoms with Crippen LogP contribution in [-0.2, 0) is 27.7 Å². The van der Waals surface area contributed by atoms with Crippen LogP contribution in [0.3, 0.4) is 0 Å². The van der Waals surface area contributed by atoms with Crippen molar-refractivity contribution in [1.82, 2.24) is 9.62 Å². The molecule has 1 saturated carbocycles. The minimum absolute atomic E-state index is 0.297. The molecule has 3 rings (SSSR count). The Bertz CT molecular complexity index is 716. The van der Waals surface area contributed by atoms with Gasteiger partial charge < -0.3 is 4.90 Å². The maximum atomic E-state index is 12.5. The lowest BCUT2D eigenvalue weighted by Gasteiger charge is -2.33. The molecule has 0 unspecified atom stereocenters. The highest BCUT2D eigenvalue weighted by molar-refractivity contribution is 7.88. The summed E-state index contributed by atoms with van der Waals surface area (Å²) in [5.41, 5.74) is 2.47. The molecule has 1 heterocycles. The largest absolute Gasteiger partial charge is 0.342 e. The lowest BCUT2D eigenvalue weighted by atomic mass is 9.89. The van der Waals surface area contributed by atoms with Gasteiger partial charge in [0, 0.05) is 25.6 Å². The minimum Gasteiger partial charge on any atom is -0.342 e. The van der Waals surface area contributed by atoms with Crippen molar-refractivity contribution in [2.24, 2.45) is 11.8 Å². The Morgan fingerprint density at radius 1 is 1.04 bits per heavy atom. The van der Waals surface area contributed by atoms with Gasteiger partial charge in [-0.05, 0) is 55.6 Å². The summed E-state index contributed by atoms with van der Waals surface area (Å²) in [4.78, 5) is 14.6. The van der Waals surface area contributed by atoms with Crippen LogP contribution in [0.4, 0.5) is 0 Å². The smallest absolute Gasteiger partial charge is 0.225 e. The van der Waals surface area contributed by atoms with Gasteiger partial charge >= 0.3 is 0 Å². The quantitative estimate of drug-likeness (QED) is 0.776. The van der Waals surface area contributed by atoms with Gasteiger partial charge in [-0.2, -0.15) is 0 Å². The fourth-order valence-electron chi connectivity index (χ4n) is 4.34. The summed E-state index contributed by atoms with van der Waals surface area (Å²) in [6.45, 7) is 2.26. The predicted octanol–water partition coefficient (Wildman–Crippen LogP) is 2.75. The second-order valence-corrected chi connectivity index (χ2v) is 10.0. The normalized spacial score (nSPS) is 19.5. The standard InChI is InChI=1S/C21H32N2O3S/c1-27(25,26)22-13-10-17-6-8-18(9-7-17)16-19-11-14-23(15-12-19)21(24)20-4-2-3-5-20/h6-9,19-20,22H,2-5,10-16H2,1H3. The third-order valence-electron chi connectivity index (χ3n) is 5.96. The van der Waals surface area contributed by atoms with E-state index >= 15 is 0 Å². The van der Waals surface area contributed by atoms with Gasteiger partial charge in [0.25, 0.3) is 0 Å². The third kappa shape index (κ3) is 6.32. The molecule has 0 bridgehead atoms. The highest BCUT2D eigenvalue weighted by Gasteiger charge is 2.29. The summed E-state index contributed by atoms with van der Waals surface area (Å²) in [6.07, 6.45) is 9.75. The van der Waals surface area contributed by atoms with Crippen LogP contribution in [0.1, 0.15) is 49.7 Å². The molecule has 1 aliphatic carbocycles. The Morgan fingerprint density at radius 3 is 2.22 bits per heavy atom. The average molecular weight is 393 g/mol. The summed E-state index contributed by atoms with van der Waals surface area (Å²) in [5, 5.41) is 0. The Balaban J connectivity index is 1.41. The fraction of sp³-hybridized carbons (Fsp3) is 0.667. The molecular weight excluding hydrogens is 360 g/mol. The van der Waals surface area contributed by atoms with Crippen molar-refractivity contribution < 1.29 is 13.2 Å². The highest BCUT2D eigenvalue weighted by atomic mass is 32.2. The van der Waals surface area contributed by atoms with Crippen LogP contribution >= 0.6 is 0 Å². The summed E-state index contributed by atoms with van der Waals surface area (Å²) >= 11 is 0. The number of nitrogens with one attached hydrogen (secondary N) is 1. The van der Waals surface area contributed by atoms with Crippen LogP contribution < -0.4 is 4.72 Å². The van der Waals surface area contributed by atoms with E-state index in [1.165, 1.54) is 24.7 Å². The summed E-state index contributed by atoms with van der Waals surface area (Å²) in [5.74, 6) is 1.35. The molecular formula is C21H32N2O3S. The van der Waals surface area contributed by atoms with Crippen molar-refractivity contribution in [3.05, 3.63) is 35.4 Å². The molecule has 1 N–H and O–H groups in total. The molecule has 2 fully saturated rings. The molecule has 0 atom stereocenters. The first kappa shape index (κ1) is 20.3. The van der Waals surface area contributed by atoms with Crippen LogP contribution in [0.25, 0.3) is 0 Å². The van der Waals surface area contributed by atoms with Crippen LogP contribution in [-0.4, -0.2) is 45.1 Å². The Morgan fingerprint density at radius 2 is 1.63 bits per heavy atom. The first-order chi connectivity index (χ1) is 12.9. The van der Waals surface area contributed by atoms with Crippen LogP contribution in [0.5, 0.6) is 0 Å². The van der Waals surface area contributed by atoms with E-state index in [1.807, 2.05) is 0 Å². The SMILES string of the molecule is CS(=O)(=O)NCCc1ccc(CC2CCN(C(=O)C3CCCC3)CC2)cc1. The molecule has 5 nitrogen and oxygen atoms in total. The molecule has 1 aromatic rings. The van der Waals surface area contributed by atoms with Crippen molar-refractivity contribution in [1.29, 1.82) is 0 Å². The van der Waals surface area contributed by atoms with E-state index < -0.39 is 10.0 Å². The second-order valence-electron chi connectivity index (χ2n) is 8.19. The number of piperidine rings is 1. The van der Waals surface area contributed by atoms with Crippen molar-refractivity contribution >= 4 is 15.9 Å². The van der Waals surface area contributed by atoms with Crippen molar-refractivity contribution in [2.45, 2.75) is 51.4 Å². The average Bonchev–Trinajstić information content (AvgIpc) is 3.17. The zero-order valence-electron chi connectivity index (χ0n) is 16.3. The van der Waals surface area contributed by atoms with E-state index in [9.17, 15) is 13.2 Å². The van der Waals surface area contributed by atoms with Crippen LogP contribution in [0, 0.1) is 11.8 Å².